The van der Waals surface area contributed by atoms with Gasteiger partial charge in [0, 0.05) is 34.7 Å². The Kier molecular flexibility index (Phi) is 4.45. The van der Waals surface area contributed by atoms with E-state index in [1.807, 2.05) is 24.0 Å². The first-order chi connectivity index (χ1) is 15.6. The molecular weight excluding hydrogens is 402 g/mol. The molecule has 0 saturated heterocycles. The minimum absolute atomic E-state index is 0.364. The molecule has 6 rings (SSSR count). The number of pyridine rings is 1. The standard InChI is InChI=1S/C25H27N5O2/c1-15-19(7-4-10-27-15)25-30(23(14-32-25)24(26)31)22-11-17-13-29(18-5-2-3-6-18)28-21(17)12-20(22)16-8-9-16/h4,7,10-14,16,18,25H,2-3,5-6,8-9H2,1H3,(H2,26,31). The Morgan fingerprint density at radius 1 is 1.16 bits per heavy atom. The quantitative estimate of drug-likeness (QED) is 0.641. The summed E-state index contributed by atoms with van der Waals surface area (Å²) in [6.45, 7) is 1.95. The van der Waals surface area contributed by atoms with Gasteiger partial charge in [-0.15, -0.1) is 0 Å². The number of fused-ring (bicyclic) bond motifs is 1. The number of nitrogens with zero attached hydrogens (tertiary/aromatic N) is 4. The van der Waals surface area contributed by atoms with E-state index in [-0.39, 0.29) is 0 Å². The van der Waals surface area contributed by atoms with Crippen molar-refractivity contribution >= 4 is 22.5 Å². The highest BCUT2D eigenvalue weighted by Crippen LogP contribution is 2.49. The van der Waals surface area contributed by atoms with Crippen molar-refractivity contribution in [3.8, 4) is 0 Å². The lowest BCUT2D eigenvalue weighted by molar-refractivity contribution is -0.114. The van der Waals surface area contributed by atoms with Crippen molar-refractivity contribution in [1.29, 1.82) is 0 Å². The van der Waals surface area contributed by atoms with Gasteiger partial charge in [0.25, 0.3) is 5.91 Å². The summed E-state index contributed by atoms with van der Waals surface area (Å²) in [5, 5.41) is 6.01. The number of rotatable bonds is 5. The highest BCUT2D eigenvalue weighted by Gasteiger charge is 2.38. The monoisotopic (exact) mass is 429 g/mol. The van der Waals surface area contributed by atoms with E-state index >= 15 is 0 Å². The molecule has 32 heavy (non-hydrogen) atoms. The van der Waals surface area contributed by atoms with Crippen LogP contribution in [0.25, 0.3) is 10.9 Å². The summed E-state index contributed by atoms with van der Waals surface area (Å²) in [6.07, 6.45) is 12.1. The molecule has 2 N–H and O–H groups in total. The van der Waals surface area contributed by atoms with Gasteiger partial charge in [-0.25, -0.2) is 0 Å². The van der Waals surface area contributed by atoms with E-state index in [1.165, 1.54) is 37.5 Å². The lowest BCUT2D eigenvalue weighted by Crippen LogP contribution is -2.32. The Hall–Kier alpha value is -3.35. The van der Waals surface area contributed by atoms with Gasteiger partial charge in [0.15, 0.2) is 0 Å². The van der Waals surface area contributed by atoms with Gasteiger partial charge >= 0.3 is 0 Å². The van der Waals surface area contributed by atoms with E-state index < -0.39 is 12.1 Å². The zero-order valence-electron chi connectivity index (χ0n) is 18.2. The number of anilines is 1. The molecule has 164 valence electrons. The second-order valence-corrected chi connectivity index (χ2v) is 9.20. The van der Waals surface area contributed by atoms with E-state index in [4.69, 9.17) is 15.6 Å². The molecule has 3 heterocycles. The highest BCUT2D eigenvalue weighted by atomic mass is 16.5. The number of ether oxygens (including phenoxy) is 1. The lowest BCUT2D eigenvalue weighted by Gasteiger charge is -2.29. The molecule has 0 bridgehead atoms. The summed E-state index contributed by atoms with van der Waals surface area (Å²) < 4.78 is 8.16. The molecule has 2 aromatic heterocycles. The van der Waals surface area contributed by atoms with Gasteiger partial charge in [-0.2, -0.15) is 5.10 Å². The summed E-state index contributed by atoms with van der Waals surface area (Å²) in [6, 6.07) is 8.73. The Morgan fingerprint density at radius 3 is 2.69 bits per heavy atom. The van der Waals surface area contributed by atoms with E-state index in [0.717, 1.165) is 40.7 Å². The zero-order chi connectivity index (χ0) is 21.8. The fourth-order valence-electron chi connectivity index (χ4n) is 5.16. The Balaban J connectivity index is 1.50. The fourth-order valence-corrected chi connectivity index (χ4v) is 5.16. The maximum absolute atomic E-state index is 12.4. The SMILES string of the molecule is Cc1ncccc1C1OC=C(C(N)=O)N1c1cc2cn(C3CCCC3)nc2cc1C1CC1. The third-order valence-corrected chi connectivity index (χ3v) is 7.01. The number of benzene rings is 1. The third-order valence-electron chi connectivity index (χ3n) is 7.01. The average Bonchev–Trinajstić information content (AvgIpc) is 3.18. The van der Waals surface area contributed by atoms with E-state index in [0.29, 0.717) is 17.7 Å². The van der Waals surface area contributed by atoms with Gasteiger partial charge in [-0.1, -0.05) is 12.8 Å². The second kappa shape index (κ2) is 7.36. The van der Waals surface area contributed by atoms with Crippen molar-refractivity contribution in [3.63, 3.8) is 0 Å². The van der Waals surface area contributed by atoms with Crippen LogP contribution in [0, 0.1) is 6.92 Å². The van der Waals surface area contributed by atoms with Gasteiger partial charge in [-0.3, -0.25) is 19.4 Å². The second-order valence-electron chi connectivity index (χ2n) is 9.20. The van der Waals surface area contributed by atoms with Crippen LogP contribution in [-0.2, 0) is 9.53 Å². The van der Waals surface area contributed by atoms with Gasteiger partial charge < -0.3 is 10.5 Å². The number of amides is 1. The molecule has 1 unspecified atom stereocenters. The van der Waals surface area contributed by atoms with E-state index in [9.17, 15) is 4.79 Å². The van der Waals surface area contributed by atoms with Crippen molar-refractivity contribution in [1.82, 2.24) is 14.8 Å². The molecule has 1 amide bonds. The molecule has 3 aliphatic rings. The molecule has 2 saturated carbocycles. The normalized spacial score (nSPS) is 21.2. The van der Waals surface area contributed by atoms with Crippen LogP contribution in [0.2, 0.25) is 0 Å². The topological polar surface area (TPSA) is 86.3 Å². The van der Waals surface area contributed by atoms with Gasteiger partial charge in [0.2, 0.25) is 6.23 Å². The molecule has 7 heteroatoms. The summed E-state index contributed by atoms with van der Waals surface area (Å²) in [5.41, 5.74) is 11.1. The molecule has 1 aromatic carbocycles. The van der Waals surface area contributed by atoms with Crippen LogP contribution in [-0.4, -0.2) is 20.7 Å². The Labute approximate surface area is 186 Å². The molecule has 0 spiro atoms. The Morgan fingerprint density at radius 2 is 1.97 bits per heavy atom. The maximum Gasteiger partial charge on any atom is 0.268 e. The van der Waals surface area contributed by atoms with E-state index in [1.54, 1.807) is 6.20 Å². The van der Waals surface area contributed by atoms with Crippen molar-refractivity contribution in [3.05, 3.63) is 65.4 Å². The Bertz CT molecular complexity index is 1240. The molecule has 0 radical (unpaired) electrons. The van der Waals surface area contributed by atoms with Gasteiger partial charge in [0.05, 0.1) is 11.6 Å². The molecule has 2 aliphatic carbocycles. The van der Waals surface area contributed by atoms with Crippen LogP contribution in [0.15, 0.2) is 48.6 Å². The van der Waals surface area contributed by atoms with Crippen LogP contribution in [0.5, 0.6) is 0 Å². The first-order valence-electron chi connectivity index (χ1n) is 11.5. The molecule has 2 fully saturated rings. The number of hydrogen-bond acceptors (Lipinski definition) is 5. The number of aromatic nitrogens is 3. The van der Waals surface area contributed by atoms with Crippen LogP contribution >= 0.6 is 0 Å². The molecular formula is C25H27N5O2. The number of aryl methyl sites for hydroxylation is 1. The summed E-state index contributed by atoms with van der Waals surface area (Å²) in [7, 11) is 0. The summed E-state index contributed by atoms with van der Waals surface area (Å²) >= 11 is 0. The van der Waals surface area contributed by atoms with Gasteiger partial charge in [-0.05, 0) is 68.4 Å². The van der Waals surface area contributed by atoms with Crippen molar-refractivity contribution in [2.75, 3.05) is 4.90 Å². The van der Waals surface area contributed by atoms with Crippen molar-refractivity contribution < 1.29 is 9.53 Å². The third kappa shape index (κ3) is 3.15. The minimum Gasteiger partial charge on any atom is -0.471 e. The number of nitrogens with two attached hydrogens (primary N) is 1. The number of carbonyl (C=O) groups is 1. The summed E-state index contributed by atoms with van der Waals surface area (Å²) in [4.78, 5) is 18.8. The van der Waals surface area contributed by atoms with E-state index in [2.05, 4.69) is 28.0 Å². The molecule has 3 aromatic rings. The number of hydrogen-bond donors (Lipinski definition) is 1. The van der Waals surface area contributed by atoms with Crippen LogP contribution in [0.4, 0.5) is 5.69 Å². The maximum atomic E-state index is 12.4. The smallest absolute Gasteiger partial charge is 0.268 e. The predicted molar refractivity (Wildman–Crippen MR) is 122 cm³/mol. The van der Waals surface area contributed by atoms with Crippen molar-refractivity contribution in [2.24, 2.45) is 5.73 Å². The molecule has 1 atom stereocenters. The summed E-state index contributed by atoms with van der Waals surface area (Å²) in [5.74, 6) is -0.0334. The fraction of sp³-hybridized carbons (Fsp3) is 0.400. The van der Waals surface area contributed by atoms with Crippen LogP contribution in [0.1, 0.15) is 73.5 Å². The van der Waals surface area contributed by atoms with Gasteiger partial charge in [0.1, 0.15) is 12.0 Å². The number of primary amides is 1. The van der Waals surface area contributed by atoms with Crippen LogP contribution in [0.3, 0.4) is 0 Å². The highest BCUT2D eigenvalue weighted by molar-refractivity contribution is 5.98. The molecule has 1 aliphatic heterocycles. The first-order valence-corrected chi connectivity index (χ1v) is 11.5. The predicted octanol–water partition coefficient (Wildman–Crippen LogP) is 4.59. The lowest BCUT2D eigenvalue weighted by atomic mass is 10.0. The minimum atomic E-state index is -0.502. The number of carbonyl (C=O) groups excluding carboxylic acids is 1. The van der Waals surface area contributed by atoms with Crippen molar-refractivity contribution in [2.45, 2.75) is 63.6 Å². The zero-order valence-corrected chi connectivity index (χ0v) is 18.2. The molecule has 7 nitrogen and oxygen atoms in total. The first kappa shape index (κ1) is 19.3. The largest absolute Gasteiger partial charge is 0.471 e. The van der Waals surface area contributed by atoms with Crippen LogP contribution < -0.4 is 10.6 Å². The average molecular weight is 430 g/mol.